The van der Waals surface area contributed by atoms with Gasteiger partial charge in [-0.3, -0.25) is 0 Å². The van der Waals surface area contributed by atoms with E-state index < -0.39 is 10.0 Å². The summed E-state index contributed by atoms with van der Waals surface area (Å²) >= 11 is 0. The number of hydrogen-bond acceptors (Lipinski definition) is 4. The molecular formula is C9H16N2O3S. The molecule has 0 saturated carbocycles. The maximum absolute atomic E-state index is 11.6. The van der Waals surface area contributed by atoms with Gasteiger partial charge in [0.25, 0.3) is 10.0 Å². The molecule has 0 amide bonds. The second-order valence-corrected chi connectivity index (χ2v) is 5.17. The molecule has 0 atom stereocenters. The van der Waals surface area contributed by atoms with Crippen LogP contribution in [0.3, 0.4) is 0 Å². The molecule has 6 heteroatoms. The first kappa shape index (κ1) is 12.2. The molecule has 0 bridgehead atoms. The predicted octanol–water partition coefficient (Wildman–Crippen LogP) is 0.686. The zero-order valence-corrected chi connectivity index (χ0v) is 9.89. The van der Waals surface area contributed by atoms with Crippen molar-refractivity contribution in [2.45, 2.75) is 31.5 Å². The van der Waals surface area contributed by atoms with Crippen LogP contribution in [0, 0.1) is 0 Å². The molecule has 0 aliphatic heterocycles. The van der Waals surface area contributed by atoms with Gasteiger partial charge in [0, 0.05) is 6.04 Å². The molecule has 1 heterocycles. The molecule has 0 unspecified atom stereocenters. The molecule has 1 aromatic heterocycles. The summed E-state index contributed by atoms with van der Waals surface area (Å²) in [6.45, 7) is 4.03. The second-order valence-electron chi connectivity index (χ2n) is 3.53. The topological polar surface area (TPSA) is 71.3 Å². The molecule has 15 heavy (non-hydrogen) atoms. The molecule has 1 rings (SSSR count). The summed E-state index contributed by atoms with van der Waals surface area (Å²) in [6.07, 6.45) is 0. The van der Waals surface area contributed by atoms with Gasteiger partial charge < -0.3 is 9.73 Å². The molecule has 0 saturated heterocycles. The zero-order chi connectivity index (χ0) is 11.5. The average Bonchev–Trinajstić information content (AvgIpc) is 2.51. The first-order chi connectivity index (χ1) is 6.95. The summed E-state index contributed by atoms with van der Waals surface area (Å²) in [4.78, 5) is 0. The highest BCUT2D eigenvalue weighted by molar-refractivity contribution is 7.89. The van der Waals surface area contributed by atoms with Crippen molar-refractivity contribution in [3.05, 3.63) is 17.9 Å². The minimum atomic E-state index is -3.50. The lowest BCUT2D eigenvalue weighted by molar-refractivity contribution is 0.403. The number of rotatable bonds is 5. The maximum Gasteiger partial charge on any atom is 0.274 e. The standard InChI is InChI=1S/C9H16N2O3S/c1-7(2)11-15(12,13)9-5-4-8(14-9)6-10-3/h4-5,7,10-11H,6H2,1-3H3. The van der Waals surface area contributed by atoms with Gasteiger partial charge in [-0.15, -0.1) is 0 Å². The van der Waals surface area contributed by atoms with Crippen LogP contribution in [0.4, 0.5) is 0 Å². The third kappa shape index (κ3) is 3.33. The summed E-state index contributed by atoms with van der Waals surface area (Å²) in [7, 11) is -1.73. The Morgan fingerprint density at radius 1 is 1.40 bits per heavy atom. The second kappa shape index (κ2) is 4.78. The van der Waals surface area contributed by atoms with Gasteiger partial charge in [0.2, 0.25) is 5.09 Å². The van der Waals surface area contributed by atoms with Crippen molar-refractivity contribution in [3.63, 3.8) is 0 Å². The zero-order valence-electron chi connectivity index (χ0n) is 9.07. The van der Waals surface area contributed by atoms with Gasteiger partial charge in [0.05, 0.1) is 6.54 Å². The van der Waals surface area contributed by atoms with E-state index in [1.807, 2.05) is 0 Å². The highest BCUT2D eigenvalue weighted by Gasteiger charge is 2.19. The Hall–Kier alpha value is -0.850. The average molecular weight is 232 g/mol. The smallest absolute Gasteiger partial charge is 0.274 e. The lowest BCUT2D eigenvalue weighted by atomic mass is 10.4. The lowest BCUT2D eigenvalue weighted by Crippen LogP contribution is -2.29. The molecule has 0 spiro atoms. The van der Waals surface area contributed by atoms with Gasteiger partial charge in [-0.25, -0.2) is 13.1 Å². The van der Waals surface area contributed by atoms with Gasteiger partial charge in [-0.2, -0.15) is 0 Å². The molecule has 5 nitrogen and oxygen atoms in total. The number of hydrogen-bond donors (Lipinski definition) is 2. The van der Waals surface area contributed by atoms with Crippen molar-refractivity contribution in [1.29, 1.82) is 0 Å². The molecule has 0 aliphatic carbocycles. The fraction of sp³-hybridized carbons (Fsp3) is 0.556. The van der Waals surface area contributed by atoms with E-state index in [1.54, 1.807) is 27.0 Å². The van der Waals surface area contributed by atoms with E-state index in [0.29, 0.717) is 12.3 Å². The minimum Gasteiger partial charge on any atom is -0.447 e. The third-order valence-corrected chi connectivity index (χ3v) is 3.17. The van der Waals surface area contributed by atoms with Crippen LogP contribution < -0.4 is 10.0 Å². The minimum absolute atomic E-state index is 0.0403. The summed E-state index contributed by atoms with van der Waals surface area (Å²) in [5, 5.41) is 2.84. The van der Waals surface area contributed by atoms with E-state index in [0.717, 1.165) is 0 Å². The highest BCUT2D eigenvalue weighted by atomic mass is 32.2. The maximum atomic E-state index is 11.6. The Balaban J connectivity index is 2.86. The van der Waals surface area contributed by atoms with Crippen molar-refractivity contribution < 1.29 is 12.8 Å². The summed E-state index contributed by atoms with van der Waals surface area (Å²) < 4.78 is 30.9. The molecular weight excluding hydrogens is 216 g/mol. The van der Waals surface area contributed by atoms with Crippen molar-refractivity contribution in [1.82, 2.24) is 10.0 Å². The largest absolute Gasteiger partial charge is 0.447 e. The van der Waals surface area contributed by atoms with Gasteiger partial charge in [-0.05, 0) is 33.0 Å². The quantitative estimate of drug-likeness (QED) is 0.783. The van der Waals surface area contributed by atoms with Crippen molar-refractivity contribution >= 4 is 10.0 Å². The van der Waals surface area contributed by atoms with Gasteiger partial charge in [0.15, 0.2) is 0 Å². The molecule has 2 N–H and O–H groups in total. The van der Waals surface area contributed by atoms with E-state index >= 15 is 0 Å². The molecule has 0 radical (unpaired) electrons. The summed E-state index contributed by atoms with van der Waals surface area (Å²) in [6, 6.07) is 2.95. The predicted molar refractivity (Wildman–Crippen MR) is 56.9 cm³/mol. The highest BCUT2D eigenvalue weighted by Crippen LogP contribution is 2.13. The molecule has 1 aromatic rings. The Morgan fingerprint density at radius 2 is 2.07 bits per heavy atom. The normalized spacial score (nSPS) is 12.3. The number of nitrogens with one attached hydrogen (secondary N) is 2. The molecule has 0 aliphatic rings. The van der Waals surface area contributed by atoms with E-state index in [2.05, 4.69) is 10.0 Å². The number of sulfonamides is 1. The van der Waals surface area contributed by atoms with Crippen molar-refractivity contribution in [2.75, 3.05) is 7.05 Å². The SMILES string of the molecule is CNCc1ccc(S(=O)(=O)NC(C)C)o1. The van der Waals surface area contributed by atoms with E-state index in [1.165, 1.54) is 6.07 Å². The monoisotopic (exact) mass is 232 g/mol. The van der Waals surface area contributed by atoms with E-state index in [-0.39, 0.29) is 11.1 Å². The van der Waals surface area contributed by atoms with Crippen LogP contribution in [-0.4, -0.2) is 21.5 Å². The Labute approximate surface area is 89.9 Å². The molecule has 0 fully saturated rings. The van der Waals surface area contributed by atoms with E-state index in [4.69, 9.17) is 4.42 Å². The Bertz CT molecular complexity index is 409. The molecule has 86 valence electrons. The number of furan rings is 1. The van der Waals surface area contributed by atoms with Crippen LogP contribution in [0.25, 0.3) is 0 Å². The molecule has 0 aromatic carbocycles. The first-order valence-corrected chi connectivity index (χ1v) is 6.19. The van der Waals surface area contributed by atoms with Crippen LogP contribution in [0.1, 0.15) is 19.6 Å². The van der Waals surface area contributed by atoms with Gasteiger partial charge in [0.1, 0.15) is 5.76 Å². The fourth-order valence-electron chi connectivity index (χ4n) is 1.14. The van der Waals surface area contributed by atoms with Gasteiger partial charge >= 0.3 is 0 Å². The summed E-state index contributed by atoms with van der Waals surface area (Å²) in [5.41, 5.74) is 0. The van der Waals surface area contributed by atoms with Crippen LogP contribution in [-0.2, 0) is 16.6 Å². The first-order valence-electron chi connectivity index (χ1n) is 4.71. The van der Waals surface area contributed by atoms with Crippen molar-refractivity contribution in [2.24, 2.45) is 0 Å². The van der Waals surface area contributed by atoms with Crippen molar-refractivity contribution in [3.8, 4) is 0 Å². The van der Waals surface area contributed by atoms with Gasteiger partial charge in [-0.1, -0.05) is 0 Å². The third-order valence-electron chi connectivity index (χ3n) is 1.64. The van der Waals surface area contributed by atoms with Crippen LogP contribution >= 0.6 is 0 Å². The summed E-state index contributed by atoms with van der Waals surface area (Å²) in [5.74, 6) is 0.599. The van der Waals surface area contributed by atoms with Crippen LogP contribution in [0.5, 0.6) is 0 Å². The van der Waals surface area contributed by atoms with Crippen LogP contribution in [0.2, 0.25) is 0 Å². The Morgan fingerprint density at radius 3 is 2.60 bits per heavy atom. The Kier molecular flexibility index (Phi) is 3.90. The lowest BCUT2D eigenvalue weighted by Gasteiger charge is -2.06. The fourth-order valence-corrected chi connectivity index (χ4v) is 2.34. The van der Waals surface area contributed by atoms with Crippen LogP contribution in [0.15, 0.2) is 21.6 Å². The van der Waals surface area contributed by atoms with E-state index in [9.17, 15) is 8.42 Å².